The first-order chi connectivity index (χ1) is 17.0. The average molecular weight is 475 g/mol. The summed E-state index contributed by atoms with van der Waals surface area (Å²) in [5.74, 6) is 10.1. The van der Waals surface area contributed by atoms with Gasteiger partial charge in [-0.05, 0) is 111 Å². The van der Waals surface area contributed by atoms with E-state index >= 15 is 0 Å². The van der Waals surface area contributed by atoms with Gasteiger partial charge in [0.15, 0.2) is 0 Å². The molecule has 0 N–H and O–H groups in total. The summed E-state index contributed by atoms with van der Waals surface area (Å²) < 4.78 is 22.4. The molecule has 4 fully saturated rings. The molecule has 0 spiro atoms. The Bertz CT molecular complexity index is 1090. The highest BCUT2D eigenvalue weighted by atomic mass is 16.8. The summed E-state index contributed by atoms with van der Waals surface area (Å²) in [6.07, 6.45) is 7.86. The molecule has 4 bridgehead atoms. The Morgan fingerprint density at radius 1 is 0.971 bits per heavy atom. The molecule has 35 heavy (non-hydrogen) atoms. The van der Waals surface area contributed by atoms with E-state index in [0.29, 0.717) is 12.4 Å². The van der Waals surface area contributed by atoms with Crippen molar-refractivity contribution >= 4 is 5.97 Å². The summed E-state index contributed by atoms with van der Waals surface area (Å²) in [7, 11) is 1.61. The van der Waals surface area contributed by atoms with E-state index in [-0.39, 0.29) is 11.4 Å². The summed E-state index contributed by atoms with van der Waals surface area (Å²) in [5, 5.41) is 0. The predicted octanol–water partition coefficient (Wildman–Crippen LogP) is 5.82. The van der Waals surface area contributed by atoms with Crippen LogP contribution in [0.15, 0.2) is 42.5 Å². The Labute approximate surface area is 208 Å². The summed E-state index contributed by atoms with van der Waals surface area (Å²) in [6, 6.07) is 13.6. The van der Waals surface area contributed by atoms with Crippen LogP contribution in [0.1, 0.15) is 69.1 Å². The van der Waals surface area contributed by atoms with E-state index < -0.39 is 6.48 Å². The normalized spacial score (nSPS) is 27.1. The van der Waals surface area contributed by atoms with Gasteiger partial charge in [-0.25, -0.2) is 0 Å². The van der Waals surface area contributed by atoms with Crippen LogP contribution in [0.5, 0.6) is 11.5 Å². The molecular weight excluding hydrogens is 440 g/mol. The lowest BCUT2D eigenvalue weighted by Gasteiger charge is -2.57. The van der Waals surface area contributed by atoms with Crippen LogP contribution in [-0.4, -0.2) is 26.2 Å². The number of rotatable bonds is 7. The van der Waals surface area contributed by atoms with Gasteiger partial charge in [0.2, 0.25) is 0 Å². The van der Waals surface area contributed by atoms with Crippen LogP contribution >= 0.6 is 0 Å². The van der Waals surface area contributed by atoms with Crippen LogP contribution in [-0.2, 0) is 19.7 Å². The Hall–Kier alpha value is -2.81. The number of benzene rings is 2. The van der Waals surface area contributed by atoms with E-state index in [2.05, 4.69) is 17.9 Å². The van der Waals surface area contributed by atoms with Crippen LogP contribution < -0.4 is 9.47 Å². The predicted molar refractivity (Wildman–Crippen MR) is 133 cm³/mol. The van der Waals surface area contributed by atoms with Gasteiger partial charge in [-0.1, -0.05) is 11.8 Å². The fourth-order valence-electron chi connectivity index (χ4n) is 6.87. The lowest BCUT2D eigenvalue weighted by atomic mass is 9.48. The Balaban J connectivity index is 1.46. The van der Waals surface area contributed by atoms with Crippen LogP contribution in [0, 0.1) is 29.6 Å². The molecule has 0 heterocycles. The van der Waals surface area contributed by atoms with Crippen molar-refractivity contribution in [3.8, 4) is 23.3 Å². The van der Waals surface area contributed by atoms with Gasteiger partial charge < -0.3 is 18.9 Å². The fourth-order valence-corrected chi connectivity index (χ4v) is 6.87. The van der Waals surface area contributed by atoms with E-state index in [1.54, 1.807) is 19.2 Å². The van der Waals surface area contributed by atoms with Crippen molar-refractivity contribution in [2.45, 2.75) is 64.3 Å². The molecule has 0 saturated heterocycles. The molecule has 0 aromatic heterocycles. The fraction of sp³-hybridized carbons (Fsp3) is 0.500. The Morgan fingerprint density at radius 3 is 2.14 bits per heavy atom. The van der Waals surface area contributed by atoms with Gasteiger partial charge in [0.05, 0.1) is 6.61 Å². The number of methoxy groups -OCH3 is 1. The van der Waals surface area contributed by atoms with Gasteiger partial charge >= 0.3 is 12.4 Å². The summed E-state index contributed by atoms with van der Waals surface area (Å²) in [5.41, 5.74) is 3.25. The van der Waals surface area contributed by atoms with Gasteiger partial charge in [0.1, 0.15) is 11.5 Å². The first-order valence-electron chi connectivity index (χ1n) is 12.7. The van der Waals surface area contributed by atoms with E-state index in [4.69, 9.17) is 18.9 Å². The van der Waals surface area contributed by atoms with Crippen LogP contribution in [0.3, 0.4) is 0 Å². The zero-order valence-electron chi connectivity index (χ0n) is 20.8. The zero-order chi connectivity index (χ0) is 24.4. The van der Waals surface area contributed by atoms with Crippen molar-refractivity contribution in [3.05, 3.63) is 59.2 Å². The molecule has 4 aliphatic rings. The highest BCUT2D eigenvalue weighted by molar-refractivity contribution is 5.69. The largest absolute Gasteiger partial charge is 0.441 e. The Morgan fingerprint density at radius 2 is 1.57 bits per heavy atom. The second-order valence-corrected chi connectivity index (χ2v) is 10.4. The quantitative estimate of drug-likeness (QED) is 0.219. The zero-order valence-corrected chi connectivity index (χ0v) is 20.8. The second kappa shape index (κ2) is 10.0. The van der Waals surface area contributed by atoms with Gasteiger partial charge in [0.25, 0.3) is 0 Å². The smallest absolute Gasteiger partial charge is 0.315 e. The Kier molecular flexibility index (Phi) is 6.86. The van der Waals surface area contributed by atoms with Crippen molar-refractivity contribution in [1.29, 1.82) is 0 Å². The van der Waals surface area contributed by atoms with Gasteiger partial charge in [-0.15, -0.1) is 0 Å². The molecule has 2 aromatic carbocycles. The van der Waals surface area contributed by atoms with Crippen molar-refractivity contribution in [2.24, 2.45) is 17.8 Å². The number of carbonyl (C=O) groups excluding carboxylic acids is 1. The summed E-state index contributed by atoms with van der Waals surface area (Å²) in [4.78, 5) is 11.1. The third-order valence-corrected chi connectivity index (χ3v) is 7.77. The molecule has 1 unspecified atom stereocenters. The average Bonchev–Trinajstić information content (AvgIpc) is 2.82. The standard InChI is InChI=1S/C30H34O5/c1-4-33-29(32-3)35-28-12-9-22(6-5-21-7-10-26(11-8-21)34-20(2)31)16-27(28)30-17-23-13-24(18-30)15-25(14-23)19-30/h7-12,16,23-25,29H,4,13-15,17-19H2,1-3H3. The number of hydrogen-bond acceptors (Lipinski definition) is 5. The van der Waals surface area contributed by atoms with Crippen LogP contribution in [0.25, 0.3) is 0 Å². The molecule has 2 aromatic rings. The summed E-state index contributed by atoms with van der Waals surface area (Å²) >= 11 is 0. The first kappa shape index (κ1) is 23.9. The highest BCUT2D eigenvalue weighted by Crippen LogP contribution is 2.62. The molecule has 6 rings (SSSR count). The third kappa shape index (κ3) is 5.24. The van der Waals surface area contributed by atoms with Gasteiger partial charge in [-0.2, -0.15) is 0 Å². The molecule has 1 atom stereocenters. The lowest BCUT2D eigenvalue weighted by Crippen LogP contribution is -2.48. The highest BCUT2D eigenvalue weighted by Gasteiger charge is 2.52. The van der Waals surface area contributed by atoms with Crippen LogP contribution in [0.4, 0.5) is 0 Å². The number of hydrogen-bond donors (Lipinski definition) is 0. The monoisotopic (exact) mass is 474 g/mol. The molecule has 0 radical (unpaired) electrons. The number of esters is 1. The minimum atomic E-state index is -0.722. The maximum atomic E-state index is 11.1. The molecule has 5 nitrogen and oxygen atoms in total. The maximum Gasteiger partial charge on any atom is 0.315 e. The minimum absolute atomic E-state index is 0.151. The van der Waals surface area contributed by atoms with E-state index in [1.807, 2.05) is 31.2 Å². The minimum Gasteiger partial charge on any atom is -0.441 e. The SMILES string of the molecule is CCOC(OC)Oc1ccc(C#Cc2ccc(OC(C)=O)cc2)cc1C12CC3CC(CC(C3)C1)C2. The molecule has 4 aliphatic carbocycles. The molecule has 4 saturated carbocycles. The third-order valence-electron chi connectivity index (χ3n) is 7.77. The van der Waals surface area contributed by atoms with Crippen LogP contribution in [0.2, 0.25) is 0 Å². The van der Waals surface area contributed by atoms with E-state index in [0.717, 1.165) is 34.6 Å². The molecule has 5 heteroatoms. The molecule has 0 aliphatic heterocycles. The lowest BCUT2D eigenvalue weighted by molar-refractivity contribution is -0.231. The maximum absolute atomic E-state index is 11.1. The van der Waals surface area contributed by atoms with Gasteiger partial charge in [0, 0.05) is 30.7 Å². The van der Waals surface area contributed by atoms with Gasteiger partial charge in [-0.3, -0.25) is 4.79 Å². The van der Waals surface area contributed by atoms with Crippen molar-refractivity contribution < 1.29 is 23.7 Å². The van der Waals surface area contributed by atoms with E-state index in [9.17, 15) is 4.79 Å². The molecular formula is C30H34O5. The number of carbonyl (C=O) groups is 1. The second-order valence-electron chi connectivity index (χ2n) is 10.4. The van der Waals surface area contributed by atoms with Crippen molar-refractivity contribution in [2.75, 3.05) is 13.7 Å². The summed E-state index contributed by atoms with van der Waals surface area (Å²) in [6.45, 7) is 3.13. The molecule has 0 amide bonds. The topological polar surface area (TPSA) is 54.0 Å². The first-order valence-corrected chi connectivity index (χ1v) is 12.7. The van der Waals surface area contributed by atoms with E-state index in [1.165, 1.54) is 51.0 Å². The van der Waals surface area contributed by atoms with Crippen molar-refractivity contribution in [3.63, 3.8) is 0 Å². The molecule has 184 valence electrons. The number of ether oxygens (including phenoxy) is 4. The van der Waals surface area contributed by atoms with Crippen molar-refractivity contribution in [1.82, 2.24) is 0 Å².